The van der Waals surface area contributed by atoms with Crippen molar-refractivity contribution in [1.29, 1.82) is 0 Å². The number of nitrogens with two attached hydrogens (primary N) is 1. The molecule has 0 bridgehead atoms. The zero-order chi connectivity index (χ0) is 21.8. The second-order valence-electron chi connectivity index (χ2n) is 7.39. The lowest BCUT2D eigenvalue weighted by atomic mass is 10.2. The maximum absolute atomic E-state index is 6.18. The summed E-state index contributed by atoms with van der Waals surface area (Å²) >= 11 is 0. The highest BCUT2D eigenvalue weighted by atomic mass is 16.5. The predicted molar refractivity (Wildman–Crippen MR) is 120 cm³/mol. The number of nitrogens with zero attached hydrogens (tertiary/aromatic N) is 5. The molecule has 0 radical (unpaired) electrons. The molecule has 0 amide bonds. The van der Waals surface area contributed by atoms with Crippen LogP contribution in [0.25, 0.3) is 28.1 Å². The van der Waals surface area contributed by atoms with E-state index in [1.165, 1.54) is 0 Å². The summed E-state index contributed by atoms with van der Waals surface area (Å²) in [5.74, 6) is 2.03. The highest BCUT2D eigenvalue weighted by Gasteiger charge is 2.18. The first-order valence-corrected chi connectivity index (χ1v) is 10.5. The molecule has 0 spiro atoms. The third-order valence-corrected chi connectivity index (χ3v) is 5.03. The van der Waals surface area contributed by atoms with Gasteiger partial charge in [0, 0.05) is 39.0 Å². The molecular weight excluding hydrogens is 396 g/mol. The number of hydrogen-bond acceptors (Lipinski definition) is 8. The zero-order valence-electron chi connectivity index (χ0n) is 18.1. The Bertz CT molecular complexity index is 1150. The van der Waals surface area contributed by atoms with Crippen molar-refractivity contribution in [3.8, 4) is 17.3 Å². The SMILES string of the molecule is CCCN(CCOC)c1nccc2oc(-c3cnc4ccc(OC(C)CN)nn34)cc12. The molecule has 0 aliphatic carbocycles. The Morgan fingerprint density at radius 2 is 2.10 bits per heavy atom. The largest absolute Gasteiger partial charge is 0.472 e. The molecule has 9 heteroatoms. The average molecular weight is 425 g/mol. The molecule has 4 aromatic heterocycles. The molecule has 0 aliphatic rings. The molecule has 4 heterocycles. The van der Waals surface area contributed by atoms with Crippen molar-refractivity contribution in [3.63, 3.8) is 0 Å². The number of furan rings is 1. The van der Waals surface area contributed by atoms with Crippen molar-refractivity contribution in [2.75, 3.05) is 38.3 Å². The van der Waals surface area contributed by atoms with Crippen LogP contribution in [-0.2, 0) is 4.74 Å². The van der Waals surface area contributed by atoms with Gasteiger partial charge in [-0.25, -0.2) is 14.5 Å². The van der Waals surface area contributed by atoms with Crippen molar-refractivity contribution < 1.29 is 13.9 Å². The van der Waals surface area contributed by atoms with Gasteiger partial charge in [0.25, 0.3) is 0 Å². The zero-order valence-corrected chi connectivity index (χ0v) is 18.1. The molecule has 2 N–H and O–H groups in total. The van der Waals surface area contributed by atoms with E-state index in [-0.39, 0.29) is 6.10 Å². The van der Waals surface area contributed by atoms with E-state index >= 15 is 0 Å². The van der Waals surface area contributed by atoms with Gasteiger partial charge in [0.15, 0.2) is 11.4 Å². The lowest BCUT2D eigenvalue weighted by molar-refractivity contribution is 0.205. The molecule has 9 nitrogen and oxygen atoms in total. The van der Waals surface area contributed by atoms with E-state index in [9.17, 15) is 0 Å². The molecule has 0 saturated carbocycles. The summed E-state index contributed by atoms with van der Waals surface area (Å²) in [7, 11) is 1.71. The topological polar surface area (TPSA) is 104 Å². The fourth-order valence-electron chi connectivity index (χ4n) is 3.46. The Labute approximate surface area is 180 Å². The van der Waals surface area contributed by atoms with E-state index in [4.69, 9.17) is 19.6 Å². The first-order valence-electron chi connectivity index (χ1n) is 10.5. The molecule has 0 fully saturated rings. The Morgan fingerprint density at radius 1 is 1.23 bits per heavy atom. The molecule has 0 aromatic carbocycles. The van der Waals surface area contributed by atoms with Gasteiger partial charge in [-0.05, 0) is 31.5 Å². The van der Waals surface area contributed by atoms with Crippen LogP contribution in [0.15, 0.2) is 41.1 Å². The molecule has 4 aromatic rings. The van der Waals surface area contributed by atoms with Gasteiger partial charge in [0.2, 0.25) is 5.88 Å². The summed E-state index contributed by atoms with van der Waals surface area (Å²) in [4.78, 5) is 11.3. The lowest BCUT2D eigenvalue weighted by Gasteiger charge is -2.23. The van der Waals surface area contributed by atoms with Crippen molar-refractivity contribution in [2.24, 2.45) is 5.73 Å². The standard InChI is InChI=1S/C22H28N6O3/c1-4-9-27(10-11-29-3)22-16-12-19(31-18(16)7-8-24-22)17-14-25-20-5-6-21(26-28(17)20)30-15(2)13-23/h5-8,12,14-15H,4,9-11,13,23H2,1-3H3. The highest BCUT2D eigenvalue weighted by molar-refractivity contribution is 5.91. The monoisotopic (exact) mass is 424 g/mol. The maximum atomic E-state index is 6.18. The number of ether oxygens (including phenoxy) is 2. The van der Waals surface area contributed by atoms with Gasteiger partial charge < -0.3 is 24.5 Å². The average Bonchev–Trinajstić information content (AvgIpc) is 3.40. The van der Waals surface area contributed by atoms with Crippen LogP contribution in [0.4, 0.5) is 5.82 Å². The quantitative estimate of drug-likeness (QED) is 0.414. The minimum absolute atomic E-state index is 0.131. The van der Waals surface area contributed by atoms with Crippen LogP contribution in [0.2, 0.25) is 0 Å². The molecule has 164 valence electrons. The second kappa shape index (κ2) is 9.32. The van der Waals surface area contributed by atoms with E-state index in [0.717, 1.165) is 42.0 Å². The van der Waals surface area contributed by atoms with E-state index in [1.54, 1.807) is 30.1 Å². The van der Waals surface area contributed by atoms with Gasteiger partial charge in [-0.2, -0.15) is 0 Å². The van der Waals surface area contributed by atoms with Crippen molar-refractivity contribution in [1.82, 2.24) is 19.6 Å². The summed E-state index contributed by atoms with van der Waals surface area (Å²) in [6.45, 7) is 6.73. The van der Waals surface area contributed by atoms with Crippen LogP contribution < -0.4 is 15.4 Å². The van der Waals surface area contributed by atoms with Gasteiger partial charge >= 0.3 is 0 Å². The summed E-state index contributed by atoms with van der Waals surface area (Å²) in [5, 5.41) is 5.52. The van der Waals surface area contributed by atoms with Gasteiger partial charge in [0.1, 0.15) is 23.2 Å². The molecule has 31 heavy (non-hydrogen) atoms. The van der Waals surface area contributed by atoms with E-state index in [2.05, 4.69) is 26.9 Å². The minimum Gasteiger partial charge on any atom is -0.472 e. The smallest absolute Gasteiger partial charge is 0.232 e. The number of fused-ring (bicyclic) bond motifs is 2. The van der Waals surface area contributed by atoms with Gasteiger partial charge in [-0.15, -0.1) is 5.10 Å². The number of hydrogen-bond donors (Lipinski definition) is 1. The molecule has 0 saturated heterocycles. The van der Waals surface area contributed by atoms with E-state index < -0.39 is 0 Å². The first-order chi connectivity index (χ1) is 15.1. The van der Waals surface area contributed by atoms with Crippen LogP contribution >= 0.6 is 0 Å². The van der Waals surface area contributed by atoms with Crippen molar-refractivity contribution in [2.45, 2.75) is 26.4 Å². The van der Waals surface area contributed by atoms with Gasteiger partial charge in [0.05, 0.1) is 18.2 Å². The van der Waals surface area contributed by atoms with Gasteiger partial charge in [-0.1, -0.05) is 6.92 Å². The number of imidazole rings is 1. The number of aromatic nitrogens is 4. The fourth-order valence-corrected chi connectivity index (χ4v) is 3.46. The van der Waals surface area contributed by atoms with Crippen LogP contribution in [0.1, 0.15) is 20.3 Å². The van der Waals surface area contributed by atoms with E-state index in [1.807, 2.05) is 25.1 Å². The van der Waals surface area contributed by atoms with Gasteiger partial charge in [-0.3, -0.25) is 0 Å². The number of pyridine rings is 1. The third-order valence-electron chi connectivity index (χ3n) is 5.03. The first kappa shape index (κ1) is 21.1. The maximum Gasteiger partial charge on any atom is 0.232 e. The number of anilines is 1. The molecule has 1 atom stereocenters. The van der Waals surface area contributed by atoms with Crippen LogP contribution in [0.5, 0.6) is 5.88 Å². The second-order valence-corrected chi connectivity index (χ2v) is 7.39. The van der Waals surface area contributed by atoms with Crippen LogP contribution in [-0.4, -0.2) is 59.0 Å². The summed E-state index contributed by atoms with van der Waals surface area (Å²) in [5.41, 5.74) is 7.86. The van der Waals surface area contributed by atoms with Crippen LogP contribution in [0, 0.1) is 0 Å². The van der Waals surface area contributed by atoms with E-state index in [0.29, 0.717) is 30.4 Å². The number of rotatable bonds is 10. The minimum atomic E-state index is -0.131. The summed E-state index contributed by atoms with van der Waals surface area (Å²) in [6.07, 6.45) is 4.40. The predicted octanol–water partition coefficient (Wildman–Crippen LogP) is 3.13. The Balaban J connectivity index is 1.75. The van der Waals surface area contributed by atoms with Crippen LogP contribution in [0.3, 0.4) is 0 Å². The normalized spacial score (nSPS) is 12.5. The summed E-state index contributed by atoms with van der Waals surface area (Å²) < 4.78 is 18.9. The number of methoxy groups -OCH3 is 1. The molecule has 0 aliphatic heterocycles. The molecular formula is C22H28N6O3. The Kier molecular flexibility index (Phi) is 6.34. The molecule has 4 rings (SSSR count). The van der Waals surface area contributed by atoms with Crippen molar-refractivity contribution in [3.05, 3.63) is 36.7 Å². The third kappa shape index (κ3) is 4.33. The Morgan fingerprint density at radius 3 is 2.87 bits per heavy atom. The highest BCUT2D eigenvalue weighted by Crippen LogP contribution is 2.33. The lowest BCUT2D eigenvalue weighted by Crippen LogP contribution is -2.28. The van der Waals surface area contributed by atoms with Crippen molar-refractivity contribution >= 4 is 22.4 Å². The molecule has 1 unspecified atom stereocenters. The Hall–Kier alpha value is -3.17. The fraction of sp³-hybridized carbons (Fsp3) is 0.409. The summed E-state index contributed by atoms with van der Waals surface area (Å²) in [6, 6.07) is 7.51.